The number of rotatable bonds is 4. The van der Waals surface area contributed by atoms with Crippen LogP contribution in [-0.4, -0.2) is 17.2 Å². The van der Waals surface area contributed by atoms with Crippen molar-refractivity contribution in [1.29, 1.82) is 0 Å². The lowest BCUT2D eigenvalue weighted by molar-refractivity contribution is 0.0695. The summed E-state index contributed by atoms with van der Waals surface area (Å²) in [7, 11) is 0. The average Bonchev–Trinajstić information content (AvgIpc) is 2.41. The summed E-state index contributed by atoms with van der Waals surface area (Å²) in [5.74, 6) is 0.572. The van der Waals surface area contributed by atoms with Gasteiger partial charge in [-0.2, -0.15) is 0 Å². The minimum atomic E-state index is -0.903. The van der Waals surface area contributed by atoms with Crippen LogP contribution in [0.1, 0.15) is 54.9 Å². The van der Waals surface area contributed by atoms with Crippen molar-refractivity contribution in [2.24, 2.45) is 5.92 Å². The Labute approximate surface area is 114 Å². The summed E-state index contributed by atoms with van der Waals surface area (Å²) >= 11 is 0. The number of hydrogen-bond acceptors (Lipinski definition) is 2. The van der Waals surface area contributed by atoms with Gasteiger partial charge in [0.1, 0.15) is 5.75 Å². The van der Waals surface area contributed by atoms with Crippen LogP contribution in [0.4, 0.5) is 0 Å². The monoisotopic (exact) mass is 262 g/mol. The van der Waals surface area contributed by atoms with Crippen LogP contribution >= 0.6 is 0 Å². The zero-order chi connectivity index (χ0) is 13.8. The number of carboxylic acid groups (broad SMARTS) is 1. The lowest BCUT2D eigenvalue weighted by Gasteiger charge is -2.29. The molecule has 2 rings (SSSR count). The van der Waals surface area contributed by atoms with Crippen molar-refractivity contribution in [3.05, 3.63) is 29.3 Å². The molecule has 0 bridgehead atoms. The maximum Gasteiger partial charge on any atom is 0.335 e. The molecule has 0 aliphatic heterocycles. The highest BCUT2D eigenvalue weighted by Gasteiger charge is 2.22. The lowest BCUT2D eigenvalue weighted by Crippen LogP contribution is -2.25. The highest BCUT2D eigenvalue weighted by atomic mass is 16.5. The molecule has 3 nitrogen and oxygen atoms in total. The number of carbonyl (C=O) groups is 1. The molecule has 0 spiro atoms. The second-order valence-electron chi connectivity index (χ2n) is 5.47. The van der Waals surface area contributed by atoms with Gasteiger partial charge in [0, 0.05) is 0 Å². The molecule has 0 amide bonds. The fraction of sp³-hybridized carbons (Fsp3) is 0.562. The van der Waals surface area contributed by atoms with E-state index < -0.39 is 5.97 Å². The van der Waals surface area contributed by atoms with Gasteiger partial charge in [-0.3, -0.25) is 0 Å². The third kappa shape index (κ3) is 3.49. The maximum absolute atomic E-state index is 11.0. The lowest BCUT2D eigenvalue weighted by atomic mass is 9.85. The topological polar surface area (TPSA) is 46.5 Å². The molecule has 19 heavy (non-hydrogen) atoms. The van der Waals surface area contributed by atoms with E-state index in [1.807, 2.05) is 13.0 Å². The summed E-state index contributed by atoms with van der Waals surface area (Å²) in [6.07, 6.45) is 6.11. The SMILES string of the molecule is CCC1CCCC(Oc2cc(C(=O)O)ccc2C)C1. The van der Waals surface area contributed by atoms with Crippen LogP contribution in [0.2, 0.25) is 0 Å². The quantitative estimate of drug-likeness (QED) is 0.890. The first kappa shape index (κ1) is 13.9. The van der Waals surface area contributed by atoms with Crippen LogP contribution in [0, 0.1) is 12.8 Å². The Morgan fingerprint density at radius 1 is 1.42 bits per heavy atom. The molecule has 104 valence electrons. The van der Waals surface area contributed by atoms with Gasteiger partial charge in [0.05, 0.1) is 11.7 Å². The molecule has 1 fully saturated rings. The average molecular weight is 262 g/mol. The smallest absolute Gasteiger partial charge is 0.335 e. The predicted octanol–water partition coefficient (Wildman–Crippen LogP) is 4.04. The third-order valence-corrected chi connectivity index (χ3v) is 4.04. The van der Waals surface area contributed by atoms with Gasteiger partial charge >= 0.3 is 5.97 Å². The fourth-order valence-electron chi connectivity index (χ4n) is 2.76. The number of hydrogen-bond donors (Lipinski definition) is 1. The van der Waals surface area contributed by atoms with Gasteiger partial charge in [-0.25, -0.2) is 4.79 Å². The molecular weight excluding hydrogens is 240 g/mol. The Balaban J connectivity index is 2.09. The zero-order valence-corrected chi connectivity index (χ0v) is 11.7. The summed E-state index contributed by atoms with van der Waals surface area (Å²) < 4.78 is 6.05. The fourth-order valence-corrected chi connectivity index (χ4v) is 2.76. The van der Waals surface area contributed by atoms with Gasteiger partial charge in [-0.1, -0.05) is 25.8 Å². The van der Waals surface area contributed by atoms with E-state index in [0.29, 0.717) is 5.56 Å². The summed E-state index contributed by atoms with van der Waals surface area (Å²) in [4.78, 5) is 11.0. The number of benzene rings is 1. The molecule has 2 atom stereocenters. The van der Waals surface area contributed by atoms with Gasteiger partial charge in [0.25, 0.3) is 0 Å². The third-order valence-electron chi connectivity index (χ3n) is 4.04. The molecule has 1 N–H and O–H groups in total. The van der Waals surface area contributed by atoms with Gasteiger partial charge in [-0.15, -0.1) is 0 Å². The molecule has 0 radical (unpaired) electrons. The molecule has 2 unspecified atom stereocenters. The Bertz CT molecular complexity index is 453. The summed E-state index contributed by atoms with van der Waals surface area (Å²) in [6, 6.07) is 5.09. The van der Waals surface area contributed by atoms with Gasteiger partial charge < -0.3 is 9.84 Å². The first-order valence-corrected chi connectivity index (χ1v) is 7.10. The predicted molar refractivity (Wildman–Crippen MR) is 74.8 cm³/mol. The molecule has 1 aliphatic carbocycles. The zero-order valence-electron chi connectivity index (χ0n) is 11.7. The Hall–Kier alpha value is -1.51. The minimum absolute atomic E-state index is 0.237. The minimum Gasteiger partial charge on any atom is -0.490 e. The Kier molecular flexibility index (Phi) is 4.46. The van der Waals surface area contributed by atoms with Crippen molar-refractivity contribution in [1.82, 2.24) is 0 Å². The van der Waals surface area contributed by atoms with E-state index in [1.165, 1.54) is 19.3 Å². The first-order chi connectivity index (χ1) is 9.10. The van der Waals surface area contributed by atoms with Gasteiger partial charge in [-0.05, 0) is 49.8 Å². The molecule has 3 heteroatoms. The van der Waals surface area contributed by atoms with Gasteiger partial charge in [0.2, 0.25) is 0 Å². The first-order valence-electron chi connectivity index (χ1n) is 7.10. The van der Waals surface area contributed by atoms with E-state index in [2.05, 4.69) is 6.92 Å². The number of aromatic carboxylic acids is 1. The van der Waals surface area contributed by atoms with Crippen LogP contribution in [0.15, 0.2) is 18.2 Å². The van der Waals surface area contributed by atoms with Crippen LogP contribution in [0.5, 0.6) is 5.75 Å². The molecule has 1 saturated carbocycles. The van der Waals surface area contributed by atoms with Crippen LogP contribution in [0.25, 0.3) is 0 Å². The van der Waals surface area contributed by atoms with Crippen molar-refractivity contribution in [2.75, 3.05) is 0 Å². The molecule has 0 saturated heterocycles. The van der Waals surface area contributed by atoms with E-state index >= 15 is 0 Å². The van der Waals surface area contributed by atoms with E-state index in [1.54, 1.807) is 12.1 Å². The molecule has 0 aromatic heterocycles. The second kappa shape index (κ2) is 6.09. The van der Waals surface area contributed by atoms with E-state index in [9.17, 15) is 4.79 Å². The molecule has 1 aliphatic rings. The summed E-state index contributed by atoms with van der Waals surface area (Å²) in [5, 5.41) is 9.03. The molecular formula is C16H22O3. The van der Waals surface area contributed by atoms with E-state index in [4.69, 9.17) is 9.84 Å². The van der Waals surface area contributed by atoms with Crippen molar-refractivity contribution >= 4 is 5.97 Å². The van der Waals surface area contributed by atoms with Gasteiger partial charge in [0.15, 0.2) is 0 Å². The molecule has 1 aromatic rings. The standard InChI is InChI=1S/C16H22O3/c1-3-12-5-4-6-14(9-12)19-15-10-13(16(17)18)8-7-11(15)2/h7-8,10,12,14H,3-6,9H2,1-2H3,(H,17,18). The normalized spacial score (nSPS) is 23.1. The maximum atomic E-state index is 11.0. The van der Waals surface area contributed by atoms with E-state index in [-0.39, 0.29) is 6.10 Å². The molecule has 1 aromatic carbocycles. The van der Waals surface area contributed by atoms with Crippen LogP contribution < -0.4 is 4.74 Å². The molecule has 0 heterocycles. The van der Waals surface area contributed by atoms with Crippen LogP contribution in [-0.2, 0) is 0 Å². The largest absolute Gasteiger partial charge is 0.490 e. The van der Waals surface area contributed by atoms with Crippen LogP contribution in [0.3, 0.4) is 0 Å². The highest BCUT2D eigenvalue weighted by Crippen LogP contribution is 2.31. The van der Waals surface area contributed by atoms with Crippen molar-refractivity contribution in [3.8, 4) is 5.75 Å². The Morgan fingerprint density at radius 2 is 2.21 bits per heavy atom. The van der Waals surface area contributed by atoms with Crippen molar-refractivity contribution in [2.45, 2.75) is 52.1 Å². The van der Waals surface area contributed by atoms with Crippen molar-refractivity contribution < 1.29 is 14.6 Å². The summed E-state index contributed by atoms with van der Waals surface area (Å²) in [5.41, 5.74) is 1.30. The number of carboxylic acids is 1. The Morgan fingerprint density at radius 3 is 2.89 bits per heavy atom. The number of aryl methyl sites for hydroxylation is 1. The second-order valence-corrected chi connectivity index (χ2v) is 5.47. The highest BCUT2D eigenvalue weighted by molar-refractivity contribution is 5.88. The summed E-state index contributed by atoms with van der Waals surface area (Å²) in [6.45, 7) is 4.18. The van der Waals surface area contributed by atoms with E-state index in [0.717, 1.165) is 30.1 Å². The van der Waals surface area contributed by atoms with Crippen molar-refractivity contribution in [3.63, 3.8) is 0 Å². The number of ether oxygens (including phenoxy) is 1.